The van der Waals surface area contributed by atoms with Crippen LogP contribution < -0.4 is 0 Å². The molecule has 1 aliphatic carbocycles. The van der Waals surface area contributed by atoms with Crippen molar-refractivity contribution in [2.24, 2.45) is 16.7 Å². The first-order valence-electron chi connectivity index (χ1n) is 6.13. The Morgan fingerprint density at radius 3 is 2.27 bits per heavy atom. The van der Waals surface area contributed by atoms with Crippen molar-refractivity contribution in [3.8, 4) is 0 Å². The molecule has 0 N–H and O–H groups in total. The molecule has 15 heavy (non-hydrogen) atoms. The monoisotopic (exact) mass is 213 g/mol. The Morgan fingerprint density at radius 2 is 1.80 bits per heavy atom. The molecular weight excluding hydrogens is 189 g/mol. The molecule has 1 spiro atoms. The molecule has 0 aromatic rings. The van der Waals surface area contributed by atoms with E-state index in [4.69, 9.17) is 0 Å². The van der Waals surface area contributed by atoms with Crippen molar-refractivity contribution in [1.82, 2.24) is 4.90 Å². The average Bonchev–Trinajstić information content (AvgIpc) is 1.95. The first-order valence-corrected chi connectivity index (χ1v) is 6.13. The third kappa shape index (κ3) is 2.20. The summed E-state index contributed by atoms with van der Waals surface area (Å²) in [6.07, 6.45) is 2.69. The molecule has 88 valence electrons. The summed E-state index contributed by atoms with van der Waals surface area (Å²) < 4.78 is 13.5. The number of piperidine rings is 1. The summed E-state index contributed by atoms with van der Waals surface area (Å²) in [5.74, 6) is 0.802. The standard InChI is InChI=1S/C13H24FN/c1-12(2,3)10-5-13(6-10)7-11(14)8-15(4)9-13/h10-11H,5-9H2,1-4H3. The minimum Gasteiger partial charge on any atom is -0.303 e. The maximum atomic E-state index is 13.5. The van der Waals surface area contributed by atoms with Crippen LogP contribution in [0.5, 0.6) is 0 Å². The number of hydrogen-bond acceptors (Lipinski definition) is 1. The summed E-state index contributed by atoms with van der Waals surface area (Å²) >= 11 is 0. The molecule has 1 atom stereocenters. The predicted octanol–water partition coefficient (Wildman–Crippen LogP) is 3.10. The summed E-state index contributed by atoms with van der Waals surface area (Å²) in [5.41, 5.74) is 0.734. The van der Waals surface area contributed by atoms with E-state index >= 15 is 0 Å². The second-order valence-electron chi connectivity index (χ2n) is 6.97. The fraction of sp³-hybridized carbons (Fsp3) is 1.00. The highest BCUT2D eigenvalue weighted by Crippen LogP contribution is 2.56. The van der Waals surface area contributed by atoms with Crippen LogP contribution in [0.15, 0.2) is 0 Å². The smallest absolute Gasteiger partial charge is 0.113 e. The minimum atomic E-state index is -0.593. The van der Waals surface area contributed by atoms with Gasteiger partial charge in [-0.2, -0.15) is 0 Å². The van der Waals surface area contributed by atoms with Crippen LogP contribution in [0.4, 0.5) is 4.39 Å². The number of hydrogen-bond donors (Lipinski definition) is 0. The molecule has 2 aliphatic rings. The first-order chi connectivity index (χ1) is 6.81. The number of alkyl halides is 1. The van der Waals surface area contributed by atoms with E-state index in [1.807, 2.05) is 0 Å². The normalized spacial score (nSPS) is 43.0. The van der Waals surface area contributed by atoms with Crippen LogP contribution in [0.1, 0.15) is 40.0 Å². The van der Waals surface area contributed by atoms with Crippen LogP contribution in [-0.4, -0.2) is 31.2 Å². The number of likely N-dealkylation sites (tertiary alicyclic amines) is 1. The van der Waals surface area contributed by atoms with Crippen molar-refractivity contribution in [1.29, 1.82) is 0 Å². The van der Waals surface area contributed by atoms with E-state index in [9.17, 15) is 4.39 Å². The molecule has 1 unspecified atom stereocenters. The van der Waals surface area contributed by atoms with Gasteiger partial charge < -0.3 is 4.90 Å². The van der Waals surface area contributed by atoms with E-state index in [-0.39, 0.29) is 0 Å². The van der Waals surface area contributed by atoms with Gasteiger partial charge in [-0.15, -0.1) is 0 Å². The van der Waals surface area contributed by atoms with Gasteiger partial charge in [-0.1, -0.05) is 20.8 Å². The summed E-state index contributed by atoms with van der Waals surface area (Å²) in [6.45, 7) is 8.68. The molecule has 2 rings (SSSR count). The molecule has 1 heterocycles. The molecule has 1 nitrogen and oxygen atoms in total. The van der Waals surface area contributed by atoms with Gasteiger partial charge in [-0.3, -0.25) is 0 Å². The van der Waals surface area contributed by atoms with Gasteiger partial charge in [0.05, 0.1) is 0 Å². The third-order valence-electron chi connectivity index (χ3n) is 4.35. The lowest BCUT2D eigenvalue weighted by atomic mass is 9.52. The molecule has 0 bridgehead atoms. The molecule has 0 amide bonds. The van der Waals surface area contributed by atoms with Gasteiger partial charge in [0.1, 0.15) is 6.17 Å². The summed E-state index contributed by atoms with van der Waals surface area (Å²) in [6, 6.07) is 0. The molecule has 2 fully saturated rings. The zero-order chi connectivity index (χ0) is 11.3. The van der Waals surface area contributed by atoms with Crippen LogP contribution in [0, 0.1) is 16.7 Å². The molecule has 0 aromatic carbocycles. The molecule has 1 aliphatic heterocycles. The molecule has 2 heteroatoms. The van der Waals surface area contributed by atoms with E-state index in [2.05, 4.69) is 32.7 Å². The van der Waals surface area contributed by atoms with Crippen molar-refractivity contribution in [2.45, 2.75) is 46.2 Å². The van der Waals surface area contributed by atoms with E-state index in [1.54, 1.807) is 0 Å². The van der Waals surface area contributed by atoms with Gasteiger partial charge in [-0.25, -0.2) is 4.39 Å². The van der Waals surface area contributed by atoms with Gasteiger partial charge in [0.15, 0.2) is 0 Å². The van der Waals surface area contributed by atoms with Gasteiger partial charge in [0.2, 0.25) is 0 Å². The van der Waals surface area contributed by atoms with Crippen molar-refractivity contribution in [3.05, 3.63) is 0 Å². The molecular formula is C13H24FN. The Bertz CT molecular complexity index is 225. The fourth-order valence-electron chi connectivity index (χ4n) is 3.47. The largest absolute Gasteiger partial charge is 0.303 e. The maximum absolute atomic E-state index is 13.5. The molecule has 1 saturated carbocycles. The van der Waals surface area contributed by atoms with Crippen molar-refractivity contribution in [2.75, 3.05) is 20.1 Å². The summed E-state index contributed by atoms with van der Waals surface area (Å²) in [4.78, 5) is 2.17. The van der Waals surface area contributed by atoms with Crippen LogP contribution >= 0.6 is 0 Å². The van der Waals surface area contributed by atoms with Gasteiger partial charge in [-0.05, 0) is 43.1 Å². The summed E-state index contributed by atoms with van der Waals surface area (Å²) in [7, 11) is 2.05. The van der Waals surface area contributed by atoms with Crippen molar-refractivity contribution < 1.29 is 4.39 Å². The van der Waals surface area contributed by atoms with E-state index < -0.39 is 6.17 Å². The van der Waals surface area contributed by atoms with Crippen molar-refractivity contribution >= 4 is 0 Å². The van der Waals surface area contributed by atoms with Crippen LogP contribution in [-0.2, 0) is 0 Å². The predicted molar refractivity (Wildman–Crippen MR) is 61.6 cm³/mol. The molecule has 0 aromatic heterocycles. The number of halogens is 1. The Balaban J connectivity index is 1.95. The lowest BCUT2D eigenvalue weighted by molar-refractivity contribution is -0.0801. The first kappa shape index (κ1) is 11.4. The highest BCUT2D eigenvalue weighted by atomic mass is 19.1. The van der Waals surface area contributed by atoms with Crippen LogP contribution in [0.2, 0.25) is 0 Å². The molecule has 0 radical (unpaired) electrons. The van der Waals surface area contributed by atoms with Crippen LogP contribution in [0.3, 0.4) is 0 Å². The van der Waals surface area contributed by atoms with Crippen LogP contribution in [0.25, 0.3) is 0 Å². The Labute approximate surface area is 93.0 Å². The fourth-order valence-corrected chi connectivity index (χ4v) is 3.47. The highest BCUT2D eigenvalue weighted by molar-refractivity contribution is 5.02. The van der Waals surface area contributed by atoms with Gasteiger partial charge >= 0.3 is 0 Å². The SMILES string of the molecule is CN1CC(F)CC2(CC(C(C)(C)C)C2)C1. The minimum absolute atomic E-state index is 0.324. The lowest BCUT2D eigenvalue weighted by Gasteiger charge is -2.57. The zero-order valence-electron chi connectivity index (χ0n) is 10.5. The maximum Gasteiger partial charge on any atom is 0.113 e. The quantitative estimate of drug-likeness (QED) is 0.597. The molecule has 1 saturated heterocycles. The second kappa shape index (κ2) is 3.44. The van der Waals surface area contributed by atoms with Crippen molar-refractivity contribution in [3.63, 3.8) is 0 Å². The Morgan fingerprint density at radius 1 is 1.20 bits per heavy atom. The lowest BCUT2D eigenvalue weighted by Crippen LogP contribution is -2.55. The van der Waals surface area contributed by atoms with E-state index in [0.717, 1.165) is 18.9 Å². The zero-order valence-corrected chi connectivity index (χ0v) is 10.5. The van der Waals surface area contributed by atoms with E-state index in [1.165, 1.54) is 12.8 Å². The highest BCUT2D eigenvalue weighted by Gasteiger charge is 2.51. The van der Waals surface area contributed by atoms with Gasteiger partial charge in [0, 0.05) is 13.1 Å². The number of rotatable bonds is 0. The Kier molecular flexibility index (Phi) is 2.61. The third-order valence-corrected chi connectivity index (χ3v) is 4.35. The summed E-state index contributed by atoms with van der Waals surface area (Å²) in [5, 5.41) is 0. The van der Waals surface area contributed by atoms with E-state index in [0.29, 0.717) is 17.4 Å². The second-order valence-corrected chi connectivity index (χ2v) is 6.97. The Hall–Kier alpha value is -0.110. The van der Waals surface area contributed by atoms with Gasteiger partial charge in [0.25, 0.3) is 0 Å². The average molecular weight is 213 g/mol. The number of nitrogens with zero attached hydrogens (tertiary/aromatic N) is 1. The topological polar surface area (TPSA) is 3.24 Å².